The van der Waals surface area contributed by atoms with Crippen LogP contribution in [0.2, 0.25) is 0 Å². The molecule has 2 amide bonds. The number of amides is 2. The molecule has 0 saturated carbocycles. The Kier molecular flexibility index (Phi) is 6.97. The van der Waals surface area contributed by atoms with Crippen molar-refractivity contribution in [2.45, 2.75) is 58.6 Å². The zero-order chi connectivity index (χ0) is 19.2. The van der Waals surface area contributed by atoms with Crippen molar-refractivity contribution in [1.29, 1.82) is 0 Å². The quantitative estimate of drug-likeness (QED) is 0.728. The lowest BCUT2D eigenvalue weighted by Gasteiger charge is -2.22. The van der Waals surface area contributed by atoms with Crippen molar-refractivity contribution in [3.8, 4) is 0 Å². The topological polar surface area (TPSA) is 83.6 Å². The number of likely N-dealkylation sites (tertiary alicyclic amines) is 1. The number of pyridine rings is 1. The molecule has 2 rings (SSSR count). The van der Waals surface area contributed by atoms with E-state index in [1.807, 2.05) is 32.6 Å². The molecule has 144 valence electrons. The van der Waals surface area contributed by atoms with E-state index in [9.17, 15) is 9.59 Å². The Labute approximate surface area is 155 Å². The van der Waals surface area contributed by atoms with Crippen molar-refractivity contribution in [3.05, 3.63) is 24.0 Å². The Hall–Kier alpha value is -2.15. The Morgan fingerprint density at radius 2 is 2.19 bits per heavy atom. The average molecular weight is 362 g/mol. The number of ether oxygens (including phenoxy) is 1. The van der Waals surface area contributed by atoms with E-state index < -0.39 is 11.7 Å². The van der Waals surface area contributed by atoms with Crippen LogP contribution in [0.4, 0.5) is 10.5 Å². The molecule has 1 fully saturated rings. The summed E-state index contributed by atoms with van der Waals surface area (Å²) < 4.78 is 5.31. The molecule has 2 heterocycles. The first-order valence-corrected chi connectivity index (χ1v) is 9.21. The Balaban J connectivity index is 1.85. The van der Waals surface area contributed by atoms with Crippen LogP contribution >= 0.6 is 0 Å². The summed E-state index contributed by atoms with van der Waals surface area (Å²) in [5.74, 6) is 0.258. The van der Waals surface area contributed by atoms with Gasteiger partial charge in [0.25, 0.3) is 0 Å². The number of aromatic nitrogens is 1. The number of carbonyl (C=O) groups excluding carboxylic acids is 2. The first-order valence-electron chi connectivity index (χ1n) is 9.21. The van der Waals surface area contributed by atoms with E-state index in [0.29, 0.717) is 12.1 Å². The van der Waals surface area contributed by atoms with Gasteiger partial charge >= 0.3 is 6.09 Å². The summed E-state index contributed by atoms with van der Waals surface area (Å²) in [6, 6.07) is 1.78. The van der Waals surface area contributed by atoms with Crippen LogP contribution < -0.4 is 10.6 Å². The largest absolute Gasteiger partial charge is 0.444 e. The molecule has 0 spiro atoms. The number of nitrogens with one attached hydrogen (secondary N) is 2. The third kappa shape index (κ3) is 6.29. The summed E-state index contributed by atoms with van der Waals surface area (Å²) in [6.07, 6.45) is 5.45. The van der Waals surface area contributed by atoms with Crippen molar-refractivity contribution < 1.29 is 14.3 Å². The number of nitrogens with zero attached hydrogens (tertiary/aromatic N) is 2. The van der Waals surface area contributed by atoms with Crippen LogP contribution in [0.25, 0.3) is 0 Å². The second-order valence-electron chi connectivity index (χ2n) is 7.60. The predicted octanol–water partition coefficient (Wildman–Crippen LogP) is 3.09. The van der Waals surface area contributed by atoms with E-state index in [0.717, 1.165) is 38.0 Å². The monoisotopic (exact) mass is 362 g/mol. The number of hydrogen-bond acceptors (Lipinski definition) is 5. The van der Waals surface area contributed by atoms with Crippen LogP contribution in [-0.4, -0.2) is 47.1 Å². The molecule has 26 heavy (non-hydrogen) atoms. The molecule has 0 radical (unpaired) electrons. The van der Waals surface area contributed by atoms with E-state index >= 15 is 0 Å². The van der Waals surface area contributed by atoms with Crippen molar-refractivity contribution in [3.63, 3.8) is 0 Å². The highest BCUT2D eigenvalue weighted by molar-refractivity contribution is 5.85. The minimum absolute atomic E-state index is 0.0166. The van der Waals surface area contributed by atoms with Gasteiger partial charge in [0.1, 0.15) is 5.60 Å². The molecule has 1 aromatic heterocycles. The lowest BCUT2D eigenvalue weighted by atomic mass is 10.1. The summed E-state index contributed by atoms with van der Waals surface area (Å²) in [5, 5.41) is 6.22. The Morgan fingerprint density at radius 3 is 2.85 bits per heavy atom. The van der Waals surface area contributed by atoms with Crippen LogP contribution in [-0.2, 0) is 9.53 Å². The lowest BCUT2D eigenvalue weighted by Crippen LogP contribution is -2.30. The van der Waals surface area contributed by atoms with Crippen LogP contribution in [0, 0.1) is 0 Å². The van der Waals surface area contributed by atoms with Crippen molar-refractivity contribution in [2.24, 2.45) is 0 Å². The second kappa shape index (κ2) is 8.98. The lowest BCUT2D eigenvalue weighted by molar-refractivity contribution is -0.127. The highest BCUT2D eigenvalue weighted by Gasteiger charge is 2.20. The minimum Gasteiger partial charge on any atom is -0.444 e. The highest BCUT2D eigenvalue weighted by atomic mass is 16.6. The summed E-state index contributed by atoms with van der Waals surface area (Å²) in [7, 11) is 0. The number of anilines is 1. The first kappa shape index (κ1) is 20.2. The van der Waals surface area contributed by atoms with Gasteiger partial charge in [-0.25, -0.2) is 4.79 Å². The molecule has 7 nitrogen and oxygen atoms in total. The molecule has 7 heteroatoms. The molecule has 1 aliphatic rings. The number of hydrogen-bond donors (Lipinski definition) is 2. The maximum absolute atomic E-state index is 12.0. The van der Waals surface area contributed by atoms with Gasteiger partial charge in [-0.3, -0.25) is 15.1 Å². The summed E-state index contributed by atoms with van der Waals surface area (Å²) >= 11 is 0. The van der Waals surface area contributed by atoms with Crippen molar-refractivity contribution >= 4 is 17.7 Å². The minimum atomic E-state index is -0.547. The summed E-state index contributed by atoms with van der Waals surface area (Å²) in [4.78, 5) is 29.7. The standard InChI is InChI=1S/C19H30N4O3/c1-14(21-9-6-12-23-11-5-7-17(23)24)15-13-20-10-8-16(15)22-18(25)26-19(2,3)4/h8,10,13-14,21H,5-7,9,11-12H2,1-4H3,(H,20,22,25)/t14-/m1/s1. The van der Waals surface area contributed by atoms with Crippen molar-refractivity contribution in [1.82, 2.24) is 15.2 Å². The fourth-order valence-corrected chi connectivity index (χ4v) is 2.92. The van der Waals surface area contributed by atoms with Crippen LogP contribution in [0.5, 0.6) is 0 Å². The zero-order valence-corrected chi connectivity index (χ0v) is 16.2. The Morgan fingerprint density at radius 1 is 1.42 bits per heavy atom. The molecular formula is C19H30N4O3. The molecule has 1 aliphatic heterocycles. The van der Waals surface area contributed by atoms with Crippen LogP contribution in [0.1, 0.15) is 58.6 Å². The SMILES string of the molecule is C[C@@H](NCCCN1CCCC1=O)c1cnccc1NC(=O)OC(C)(C)C. The highest BCUT2D eigenvalue weighted by Crippen LogP contribution is 2.22. The molecule has 1 aromatic rings. The van der Waals surface area contributed by atoms with E-state index in [-0.39, 0.29) is 11.9 Å². The van der Waals surface area contributed by atoms with Gasteiger partial charge in [0.15, 0.2) is 0 Å². The van der Waals surface area contributed by atoms with Gasteiger partial charge in [0.2, 0.25) is 5.91 Å². The number of carbonyl (C=O) groups is 2. The summed E-state index contributed by atoms with van der Waals surface area (Å²) in [6.45, 7) is 9.96. The molecule has 0 bridgehead atoms. The van der Waals surface area contributed by atoms with Gasteiger partial charge in [0.05, 0.1) is 5.69 Å². The van der Waals surface area contributed by atoms with Gasteiger partial charge in [-0.1, -0.05) is 0 Å². The molecule has 0 aliphatic carbocycles. The maximum atomic E-state index is 12.0. The van der Waals surface area contributed by atoms with E-state index in [1.54, 1.807) is 18.5 Å². The Bertz CT molecular complexity index is 627. The zero-order valence-electron chi connectivity index (χ0n) is 16.2. The molecular weight excluding hydrogens is 332 g/mol. The third-order valence-corrected chi connectivity index (χ3v) is 4.18. The second-order valence-corrected chi connectivity index (χ2v) is 7.60. The maximum Gasteiger partial charge on any atom is 0.412 e. The molecule has 1 atom stereocenters. The molecule has 2 N–H and O–H groups in total. The van der Waals surface area contributed by atoms with E-state index in [2.05, 4.69) is 15.6 Å². The predicted molar refractivity (Wildman–Crippen MR) is 101 cm³/mol. The van der Waals surface area contributed by atoms with Gasteiger partial charge in [-0.2, -0.15) is 0 Å². The van der Waals surface area contributed by atoms with E-state index in [4.69, 9.17) is 4.74 Å². The molecule has 0 unspecified atom stereocenters. The van der Waals surface area contributed by atoms with Crippen LogP contribution in [0.3, 0.4) is 0 Å². The fraction of sp³-hybridized carbons (Fsp3) is 0.632. The van der Waals surface area contributed by atoms with Gasteiger partial charge in [-0.15, -0.1) is 0 Å². The smallest absolute Gasteiger partial charge is 0.412 e. The van der Waals surface area contributed by atoms with Gasteiger partial charge in [-0.05, 0) is 53.1 Å². The van der Waals surface area contributed by atoms with Crippen LogP contribution in [0.15, 0.2) is 18.5 Å². The molecule has 0 aromatic carbocycles. The van der Waals surface area contributed by atoms with E-state index in [1.165, 1.54) is 0 Å². The third-order valence-electron chi connectivity index (χ3n) is 4.18. The van der Waals surface area contributed by atoms with Gasteiger partial charge in [0, 0.05) is 43.5 Å². The fourth-order valence-electron chi connectivity index (χ4n) is 2.92. The average Bonchev–Trinajstić information content (AvgIpc) is 2.95. The first-order chi connectivity index (χ1) is 12.3. The number of rotatable bonds is 7. The van der Waals surface area contributed by atoms with Crippen molar-refractivity contribution in [2.75, 3.05) is 25.0 Å². The molecule has 1 saturated heterocycles. The normalized spacial score (nSPS) is 15.8. The summed E-state index contributed by atoms with van der Waals surface area (Å²) in [5.41, 5.74) is 1.04. The van der Waals surface area contributed by atoms with Gasteiger partial charge < -0.3 is 15.0 Å².